The lowest BCUT2D eigenvalue weighted by molar-refractivity contribution is -0.142. The van der Waals surface area contributed by atoms with Gasteiger partial charge < -0.3 is 5.11 Å². The number of hydrogen-bond acceptors (Lipinski definition) is 3. The van der Waals surface area contributed by atoms with Crippen LogP contribution in [0.4, 0.5) is 0 Å². The molecule has 0 spiro atoms. The molecule has 0 aromatic heterocycles. The van der Waals surface area contributed by atoms with Gasteiger partial charge in [-0.25, -0.2) is 8.42 Å². The zero-order chi connectivity index (χ0) is 13.7. The first kappa shape index (κ1) is 12.8. The second kappa shape index (κ2) is 3.68. The summed E-state index contributed by atoms with van der Waals surface area (Å²) in [5.41, 5.74) is 0.801. The minimum Gasteiger partial charge on any atom is -0.481 e. The maximum atomic E-state index is 11.8. The van der Waals surface area contributed by atoms with Gasteiger partial charge in [0.25, 0.3) is 0 Å². The van der Waals surface area contributed by atoms with Gasteiger partial charge in [-0.3, -0.25) is 4.79 Å². The average molecular weight is 266 g/mol. The molecule has 1 heterocycles. The topological polar surface area (TPSA) is 71.4 Å². The van der Waals surface area contributed by atoms with E-state index in [1.165, 1.54) is 11.5 Å². The van der Waals surface area contributed by atoms with Crippen LogP contribution >= 0.6 is 0 Å². The number of fused-ring (bicyclic) bond motifs is 1. The van der Waals surface area contributed by atoms with Crippen LogP contribution in [0.15, 0.2) is 28.5 Å². The van der Waals surface area contributed by atoms with Crippen molar-refractivity contribution in [3.8, 4) is 0 Å². The Morgan fingerprint density at radius 2 is 1.89 bits per heavy atom. The molecule has 2 rings (SSSR count). The molecule has 0 atom stereocenters. The second-order valence-corrected chi connectivity index (χ2v) is 6.75. The fourth-order valence-corrected chi connectivity index (χ4v) is 3.46. The summed E-state index contributed by atoms with van der Waals surface area (Å²) in [6, 6.07) is 4.70. The predicted molar refractivity (Wildman–Crippen MR) is 67.9 cm³/mol. The fourth-order valence-electron chi connectivity index (χ4n) is 1.96. The van der Waals surface area contributed by atoms with Crippen molar-refractivity contribution >= 4 is 21.4 Å². The molecule has 18 heavy (non-hydrogen) atoms. The zero-order valence-electron chi connectivity index (χ0n) is 10.4. The summed E-state index contributed by atoms with van der Waals surface area (Å²) >= 11 is 0. The monoisotopic (exact) mass is 266 g/mol. The quantitative estimate of drug-likeness (QED) is 0.890. The van der Waals surface area contributed by atoms with Crippen LogP contribution in [0.5, 0.6) is 0 Å². The van der Waals surface area contributed by atoms with Crippen molar-refractivity contribution in [2.75, 3.05) is 0 Å². The molecule has 0 saturated carbocycles. The van der Waals surface area contributed by atoms with Gasteiger partial charge in [-0.1, -0.05) is 6.07 Å². The standard InChI is InChI=1S/C13H14O4S/c1-8-7-18(16,17)11-5-4-9(6-10(8)11)13(2,3)12(14)15/h4-7H,1-3H3,(H,14,15). The van der Waals surface area contributed by atoms with Crippen molar-refractivity contribution in [3.05, 3.63) is 34.7 Å². The SMILES string of the molecule is CC1=CS(=O)(=O)c2ccc(C(C)(C)C(=O)O)cc21. The molecule has 1 aliphatic rings. The summed E-state index contributed by atoms with van der Waals surface area (Å²) < 4.78 is 23.5. The Hall–Kier alpha value is -1.62. The van der Waals surface area contributed by atoms with Crippen LogP contribution in [-0.2, 0) is 20.0 Å². The third-order valence-electron chi connectivity index (χ3n) is 3.30. The maximum absolute atomic E-state index is 11.8. The van der Waals surface area contributed by atoms with Crippen LogP contribution in [0, 0.1) is 0 Å². The van der Waals surface area contributed by atoms with Crippen LogP contribution in [0.1, 0.15) is 31.9 Å². The zero-order valence-corrected chi connectivity index (χ0v) is 11.2. The number of sulfone groups is 1. The fraction of sp³-hybridized carbons (Fsp3) is 0.308. The molecule has 1 N–H and O–H groups in total. The van der Waals surface area contributed by atoms with E-state index in [0.717, 1.165) is 0 Å². The highest BCUT2D eigenvalue weighted by molar-refractivity contribution is 7.95. The van der Waals surface area contributed by atoms with Crippen LogP contribution in [-0.4, -0.2) is 19.5 Å². The van der Waals surface area contributed by atoms with E-state index in [9.17, 15) is 18.3 Å². The van der Waals surface area contributed by atoms with Gasteiger partial charge in [0.1, 0.15) is 0 Å². The molecule has 0 unspecified atom stereocenters. The molecular formula is C13H14O4S. The Labute approximate surface area is 106 Å². The number of hydrogen-bond donors (Lipinski definition) is 1. The normalized spacial score (nSPS) is 17.2. The lowest BCUT2D eigenvalue weighted by atomic mass is 9.83. The van der Waals surface area contributed by atoms with Gasteiger partial charge in [0.15, 0.2) is 0 Å². The number of allylic oxidation sites excluding steroid dienone is 1. The van der Waals surface area contributed by atoms with Crippen molar-refractivity contribution < 1.29 is 18.3 Å². The van der Waals surface area contributed by atoms with Crippen molar-refractivity contribution in [2.45, 2.75) is 31.1 Å². The molecule has 5 heteroatoms. The summed E-state index contributed by atoms with van der Waals surface area (Å²) in [7, 11) is -3.35. The van der Waals surface area contributed by atoms with E-state index < -0.39 is 21.2 Å². The Balaban J connectivity index is 2.65. The molecule has 0 bridgehead atoms. The van der Waals surface area contributed by atoms with Crippen molar-refractivity contribution in [1.82, 2.24) is 0 Å². The molecule has 0 saturated heterocycles. The van der Waals surface area contributed by atoms with Gasteiger partial charge in [0.2, 0.25) is 9.84 Å². The number of benzene rings is 1. The number of carbonyl (C=O) groups is 1. The van der Waals surface area contributed by atoms with E-state index in [4.69, 9.17) is 0 Å². The van der Waals surface area contributed by atoms with Gasteiger partial charge in [0.05, 0.1) is 10.3 Å². The minimum atomic E-state index is -3.35. The van der Waals surface area contributed by atoms with Crippen LogP contribution in [0.25, 0.3) is 5.57 Å². The second-order valence-electron chi connectivity index (χ2n) is 4.99. The number of carboxylic acids is 1. The largest absolute Gasteiger partial charge is 0.481 e. The van der Waals surface area contributed by atoms with Crippen LogP contribution in [0.3, 0.4) is 0 Å². The van der Waals surface area contributed by atoms with Gasteiger partial charge in [-0.2, -0.15) is 0 Å². The van der Waals surface area contributed by atoms with E-state index >= 15 is 0 Å². The Bertz CT molecular complexity index is 666. The van der Waals surface area contributed by atoms with E-state index in [0.29, 0.717) is 16.7 Å². The molecule has 0 amide bonds. The van der Waals surface area contributed by atoms with Gasteiger partial charge in [-0.05, 0) is 49.6 Å². The molecular weight excluding hydrogens is 252 g/mol. The van der Waals surface area contributed by atoms with Gasteiger partial charge in [-0.15, -0.1) is 0 Å². The van der Waals surface area contributed by atoms with Crippen molar-refractivity contribution in [3.63, 3.8) is 0 Å². The summed E-state index contributed by atoms with van der Waals surface area (Å²) in [6.45, 7) is 4.90. The van der Waals surface area contributed by atoms with E-state index in [1.807, 2.05) is 0 Å². The highest BCUT2D eigenvalue weighted by Crippen LogP contribution is 2.36. The van der Waals surface area contributed by atoms with E-state index in [2.05, 4.69) is 0 Å². The lowest BCUT2D eigenvalue weighted by Gasteiger charge is -2.20. The third-order valence-corrected chi connectivity index (χ3v) is 4.93. The van der Waals surface area contributed by atoms with Crippen molar-refractivity contribution in [2.24, 2.45) is 0 Å². The summed E-state index contributed by atoms with van der Waals surface area (Å²) in [4.78, 5) is 11.5. The Morgan fingerprint density at radius 1 is 1.28 bits per heavy atom. The summed E-state index contributed by atoms with van der Waals surface area (Å²) in [5.74, 6) is -0.940. The van der Waals surface area contributed by atoms with Crippen LogP contribution < -0.4 is 0 Å². The Kier molecular flexibility index (Phi) is 2.63. The van der Waals surface area contributed by atoms with Crippen LogP contribution in [0.2, 0.25) is 0 Å². The predicted octanol–water partition coefficient (Wildman–Crippen LogP) is 2.20. The van der Waals surface area contributed by atoms with Gasteiger partial charge >= 0.3 is 5.97 Å². The Morgan fingerprint density at radius 3 is 2.44 bits per heavy atom. The summed E-state index contributed by atoms with van der Waals surface area (Å²) in [5, 5.41) is 10.4. The highest BCUT2D eigenvalue weighted by atomic mass is 32.2. The van der Waals surface area contributed by atoms with Gasteiger partial charge in [0, 0.05) is 5.41 Å². The maximum Gasteiger partial charge on any atom is 0.313 e. The number of carboxylic acid groups (broad SMARTS) is 1. The number of rotatable bonds is 2. The summed E-state index contributed by atoms with van der Waals surface area (Å²) in [6.07, 6.45) is 0. The molecule has 4 nitrogen and oxygen atoms in total. The molecule has 1 aromatic rings. The smallest absolute Gasteiger partial charge is 0.313 e. The first-order valence-electron chi connectivity index (χ1n) is 5.48. The molecule has 96 valence electrons. The molecule has 0 aliphatic carbocycles. The molecule has 0 radical (unpaired) electrons. The first-order chi connectivity index (χ1) is 8.16. The van der Waals surface area contributed by atoms with Crippen molar-refractivity contribution in [1.29, 1.82) is 0 Å². The molecule has 1 aromatic carbocycles. The highest BCUT2D eigenvalue weighted by Gasteiger charge is 2.32. The molecule has 1 aliphatic heterocycles. The number of aliphatic carboxylic acids is 1. The average Bonchev–Trinajstić information content (AvgIpc) is 2.49. The van der Waals surface area contributed by atoms with E-state index in [1.54, 1.807) is 32.9 Å². The third kappa shape index (κ3) is 1.75. The lowest BCUT2D eigenvalue weighted by Crippen LogP contribution is -2.28. The van der Waals surface area contributed by atoms with E-state index in [-0.39, 0.29) is 4.90 Å². The first-order valence-corrected chi connectivity index (χ1v) is 7.02. The minimum absolute atomic E-state index is 0.255. The molecule has 0 fully saturated rings.